The molecule has 2 heterocycles. The van der Waals surface area contributed by atoms with Crippen LogP contribution >= 0.6 is 0 Å². The van der Waals surface area contributed by atoms with E-state index in [4.69, 9.17) is 9.63 Å². The molecule has 0 unspecified atom stereocenters. The molecule has 0 aliphatic heterocycles. The summed E-state index contributed by atoms with van der Waals surface area (Å²) in [5.41, 5.74) is 0.0582. The average Bonchev–Trinajstić information content (AvgIpc) is 2.95. The van der Waals surface area contributed by atoms with Crippen molar-refractivity contribution in [3.63, 3.8) is 0 Å². The maximum Gasteiger partial charge on any atom is 0.357 e. The van der Waals surface area contributed by atoms with Gasteiger partial charge in [-0.1, -0.05) is 5.16 Å². The first kappa shape index (κ1) is 15.2. The first-order valence-electron chi connectivity index (χ1n) is 5.90. The van der Waals surface area contributed by atoms with Gasteiger partial charge < -0.3 is 9.63 Å². The topological polar surface area (TPSA) is 129 Å². The van der Waals surface area contributed by atoms with Gasteiger partial charge in [-0.25, -0.2) is 13.2 Å². The number of aryl methyl sites for hydroxylation is 2. The van der Waals surface area contributed by atoms with E-state index >= 15 is 0 Å². The molecule has 0 bridgehead atoms. The number of nitrogens with zero attached hydrogens (tertiary/aromatic N) is 3. The zero-order chi connectivity index (χ0) is 15.8. The lowest BCUT2D eigenvalue weighted by atomic mass is 10.4. The van der Waals surface area contributed by atoms with Gasteiger partial charge in [-0.3, -0.25) is 5.10 Å². The van der Waals surface area contributed by atoms with Crippen molar-refractivity contribution in [3.8, 4) is 0 Å². The van der Waals surface area contributed by atoms with Gasteiger partial charge in [0.25, 0.3) is 0 Å². The predicted octanol–water partition coefficient (Wildman–Crippen LogP) is 0.533. The van der Waals surface area contributed by atoms with E-state index in [0.29, 0.717) is 11.5 Å². The van der Waals surface area contributed by atoms with Gasteiger partial charge in [0.2, 0.25) is 10.0 Å². The van der Waals surface area contributed by atoms with Gasteiger partial charge in [-0.15, -0.1) is 0 Å². The monoisotopic (exact) mass is 314 g/mol. The summed E-state index contributed by atoms with van der Waals surface area (Å²) in [6, 6.07) is 1.60. The number of H-pyrrole nitrogens is 1. The van der Waals surface area contributed by atoms with Crippen molar-refractivity contribution in [3.05, 3.63) is 28.9 Å². The number of aromatic nitrogens is 3. The van der Waals surface area contributed by atoms with E-state index in [1.807, 2.05) is 0 Å². The summed E-state index contributed by atoms with van der Waals surface area (Å²) in [5, 5.41) is 18.6. The fourth-order valence-electron chi connectivity index (χ4n) is 1.84. The predicted molar refractivity (Wildman–Crippen MR) is 70.2 cm³/mol. The van der Waals surface area contributed by atoms with Gasteiger partial charge in [0, 0.05) is 13.1 Å². The summed E-state index contributed by atoms with van der Waals surface area (Å²) in [4.78, 5) is 10.7. The van der Waals surface area contributed by atoms with E-state index in [9.17, 15) is 13.2 Å². The fraction of sp³-hybridized carbons (Fsp3) is 0.364. The van der Waals surface area contributed by atoms with Crippen molar-refractivity contribution < 1.29 is 22.8 Å². The van der Waals surface area contributed by atoms with E-state index in [0.717, 1.165) is 4.31 Å². The molecule has 0 spiro atoms. The van der Waals surface area contributed by atoms with Crippen molar-refractivity contribution in [2.45, 2.75) is 25.3 Å². The Labute approximate surface area is 120 Å². The van der Waals surface area contributed by atoms with E-state index < -0.39 is 21.7 Å². The Balaban J connectivity index is 2.37. The highest BCUT2D eigenvalue weighted by molar-refractivity contribution is 7.89. The zero-order valence-corrected chi connectivity index (χ0v) is 12.4. The molecule has 114 valence electrons. The van der Waals surface area contributed by atoms with E-state index in [2.05, 4.69) is 15.4 Å². The Kier molecular flexibility index (Phi) is 3.83. The molecule has 2 rings (SSSR count). The smallest absolute Gasteiger partial charge is 0.357 e. The van der Waals surface area contributed by atoms with Gasteiger partial charge >= 0.3 is 5.97 Å². The summed E-state index contributed by atoms with van der Waals surface area (Å²) in [7, 11) is -2.68. The largest absolute Gasteiger partial charge is 0.476 e. The molecule has 0 fully saturated rings. The molecular formula is C11H14N4O5S. The molecule has 10 heteroatoms. The van der Waals surface area contributed by atoms with Crippen LogP contribution in [0.3, 0.4) is 0 Å². The second-order valence-electron chi connectivity index (χ2n) is 4.52. The SMILES string of the molecule is Cc1cc(CN(C)S(=O)(=O)c2c(C(=O)O)n[nH]c2C)no1. The quantitative estimate of drug-likeness (QED) is 0.823. The Morgan fingerprint density at radius 3 is 2.67 bits per heavy atom. The lowest BCUT2D eigenvalue weighted by molar-refractivity contribution is 0.0686. The summed E-state index contributed by atoms with van der Waals surface area (Å²) in [5.74, 6) is -0.856. The number of hydrogen-bond donors (Lipinski definition) is 2. The lowest BCUT2D eigenvalue weighted by Crippen LogP contribution is -2.28. The van der Waals surface area contributed by atoms with Gasteiger partial charge in [-0.05, 0) is 13.8 Å². The van der Waals surface area contributed by atoms with Gasteiger partial charge in [-0.2, -0.15) is 9.40 Å². The third kappa shape index (κ3) is 2.81. The number of aromatic carboxylic acids is 1. The molecule has 0 aliphatic carbocycles. The van der Waals surface area contributed by atoms with Gasteiger partial charge in [0.05, 0.1) is 17.9 Å². The third-order valence-electron chi connectivity index (χ3n) is 2.82. The van der Waals surface area contributed by atoms with Crippen molar-refractivity contribution in [2.75, 3.05) is 7.05 Å². The molecule has 0 aromatic carbocycles. The zero-order valence-electron chi connectivity index (χ0n) is 11.6. The first-order chi connectivity index (χ1) is 9.73. The maximum atomic E-state index is 12.5. The molecule has 0 saturated carbocycles. The summed E-state index contributed by atoms with van der Waals surface area (Å²) >= 11 is 0. The van der Waals surface area contributed by atoms with Crippen LogP contribution in [0.2, 0.25) is 0 Å². The minimum absolute atomic E-state index is 0.0383. The molecule has 0 aliphatic rings. The van der Waals surface area contributed by atoms with Gasteiger partial charge in [0.15, 0.2) is 5.69 Å². The van der Waals surface area contributed by atoms with Gasteiger partial charge in [0.1, 0.15) is 10.7 Å². The lowest BCUT2D eigenvalue weighted by Gasteiger charge is -2.15. The van der Waals surface area contributed by atoms with Crippen LogP contribution in [-0.2, 0) is 16.6 Å². The number of carboxylic acid groups (broad SMARTS) is 1. The Morgan fingerprint density at radius 2 is 2.14 bits per heavy atom. The molecule has 0 saturated heterocycles. The number of carboxylic acids is 1. The van der Waals surface area contributed by atoms with E-state index in [-0.39, 0.29) is 17.1 Å². The molecule has 2 aromatic heterocycles. The molecule has 0 radical (unpaired) electrons. The second-order valence-corrected chi connectivity index (χ2v) is 6.50. The Bertz CT molecular complexity index is 776. The standard InChI is InChI=1S/C11H14N4O5S/c1-6-4-8(14-20-6)5-15(3)21(18,19)10-7(2)12-13-9(10)11(16)17/h4H,5H2,1-3H3,(H,12,13)(H,16,17). The highest BCUT2D eigenvalue weighted by Gasteiger charge is 2.32. The van der Waals surface area contributed by atoms with Crippen molar-refractivity contribution in [2.24, 2.45) is 0 Å². The van der Waals surface area contributed by atoms with E-state index in [1.165, 1.54) is 14.0 Å². The number of sulfonamides is 1. The van der Waals surface area contributed by atoms with Crippen molar-refractivity contribution in [1.82, 2.24) is 19.7 Å². The minimum Gasteiger partial charge on any atom is -0.476 e. The van der Waals surface area contributed by atoms with Crippen LogP contribution in [0.4, 0.5) is 0 Å². The summed E-state index contributed by atoms with van der Waals surface area (Å²) in [6.45, 7) is 3.09. The molecule has 0 atom stereocenters. The highest BCUT2D eigenvalue weighted by Crippen LogP contribution is 2.22. The number of carbonyl (C=O) groups is 1. The highest BCUT2D eigenvalue weighted by atomic mass is 32.2. The normalized spacial score (nSPS) is 12.0. The Hall–Kier alpha value is -2.20. The maximum absolute atomic E-state index is 12.5. The van der Waals surface area contributed by atoms with Crippen molar-refractivity contribution in [1.29, 1.82) is 0 Å². The molecule has 2 N–H and O–H groups in total. The van der Waals surface area contributed by atoms with Crippen LogP contribution in [0.15, 0.2) is 15.5 Å². The molecule has 21 heavy (non-hydrogen) atoms. The molecule has 0 amide bonds. The van der Waals surface area contributed by atoms with Crippen LogP contribution < -0.4 is 0 Å². The fourth-order valence-corrected chi connectivity index (χ4v) is 3.26. The molecular weight excluding hydrogens is 300 g/mol. The molecule has 9 nitrogen and oxygen atoms in total. The summed E-state index contributed by atoms with van der Waals surface area (Å²) in [6.07, 6.45) is 0. The number of rotatable bonds is 5. The minimum atomic E-state index is -4.01. The first-order valence-corrected chi connectivity index (χ1v) is 7.34. The number of aromatic amines is 1. The van der Waals surface area contributed by atoms with Crippen LogP contribution in [0.1, 0.15) is 27.6 Å². The Morgan fingerprint density at radius 1 is 1.48 bits per heavy atom. The third-order valence-corrected chi connectivity index (χ3v) is 4.79. The van der Waals surface area contributed by atoms with Crippen LogP contribution in [-0.4, -0.2) is 46.2 Å². The van der Waals surface area contributed by atoms with Crippen LogP contribution in [0, 0.1) is 13.8 Å². The second kappa shape index (κ2) is 5.30. The van der Waals surface area contributed by atoms with Crippen molar-refractivity contribution >= 4 is 16.0 Å². The van der Waals surface area contributed by atoms with E-state index in [1.54, 1.807) is 13.0 Å². The number of nitrogens with one attached hydrogen (secondary N) is 1. The molecule has 2 aromatic rings. The average molecular weight is 314 g/mol. The van der Waals surface area contributed by atoms with Crippen LogP contribution in [0.5, 0.6) is 0 Å². The van der Waals surface area contributed by atoms with Crippen LogP contribution in [0.25, 0.3) is 0 Å². The number of hydrogen-bond acceptors (Lipinski definition) is 6. The summed E-state index contributed by atoms with van der Waals surface area (Å²) < 4.78 is 30.9.